The van der Waals surface area contributed by atoms with Crippen molar-refractivity contribution in [1.82, 2.24) is 9.88 Å². The van der Waals surface area contributed by atoms with E-state index in [1.54, 1.807) is 0 Å². The largest absolute Gasteiger partial charge is 0.477 e. The molecule has 1 aliphatic rings. The third-order valence-corrected chi connectivity index (χ3v) is 2.51. The molecular weight excluding hydrogens is 224 g/mol. The predicted molar refractivity (Wildman–Crippen MR) is 58.8 cm³/mol. The number of aromatic nitrogens is 1. The van der Waals surface area contributed by atoms with E-state index in [-0.39, 0.29) is 24.2 Å². The van der Waals surface area contributed by atoms with Crippen LogP contribution in [0.15, 0.2) is 23.0 Å². The summed E-state index contributed by atoms with van der Waals surface area (Å²) in [5.74, 6) is -1.55. The highest BCUT2D eigenvalue weighted by Gasteiger charge is 2.24. The normalized spacial score (nSPS) is 14.4. The minimum absolute atomic E-state index is 0.177. The van der Waals surface area contributed by atoms with Crippen LogP contribution < -0.4 is 10.9 Å². The Labute approximate surface area is 96.9 Å². The molecule has 1 aliphatic carbocycles. The van der Waals surface area contributed by atoms with Gasteiger partial charge in [-0.15, -0.1) is 0 Å². The van der Waals surface area contributed by atoms with Gasteiger partial charge in [-0.25, -0.2) is 4.79 Å². The third kappa shape index (κ3) is 2.72. The molecule has 90 valence electrons. The molecule has 2 N–H and O–H groups in total. The molecule has 1 aromatic rings. The summed E-state index contributed by atoms with van der Waals surface area (Å²) < 4.78 is 0.958. The third-order valence-electron chi connectivity index (χ3n) is 2.51. The molecule has 1 saturated carbocycles. The van der Waals surface area contributed by atoms with Gasteiger partial charge in [0.2, 0.25) is 5.91 Å². The van der Waals surface area contributed by atoms with Crippen molar-refractivity contribution in [3.8, 4) is 0 Å². The van der Waals surface area contributed by atoms with Gasteiger partial charge in [0.05, 0.1) is 0 Å². The fraction of sp³-hybridized carbons (Fsp3) is 0.364. The zero-order valence-corrected chi connectivity index (χ0v) is 9.05. The number of rotatable bonds is 4. The Kier molecular flexibility index (Phi) is 2.95. The number of carboxylic acids is 1. The van der Waals surface area contributed by atoms with Gasteiger partial charge in [0.25, 0.3) is 5.56 Å². The van der Waals surface area contributed by atoms with Crippen molar-refractivity contribution in [3.63, 3.8) is 0 Å². The molecule has 1 fully saturated rings. The summed E-state index contributed by atoms with van der Waals surface area (Å²) in [5.41, 5.74) is -0.667. The Balaban J connectivity index is 2.20. The first-order valence-corrected chi connectivity index (χ1v) is 5.30. The van der Waals surface area contributed by atoms with Crippen molar-refractivity contribution in [2.45, 2.75) is 25.4 Å². The van der Waals surface area contributed by atoms with E-state index in [2.05, 4.69) is 5.32 Å². The smallest absolute Gasteiger partial charge is 0.352 e. The molecule has 1 aromatic heterocycles. The fourth-order valence-corrected chi connectivity index (χ4v) is 1.51. The highest BCUT2D eigenvalue weighted by Crippen LogP contribution is 2.18. The first-order valence-electron chi connectivity index (χ1n) is 5.30. The molecule has 0 aromatic carbocycles. The Morgan fingerprint density at radius 2 is 2.12 bits per heavy atom. The molecule has 6 heteroatoms. The van der Waals surface area contributed by atoms with Crippen molar-refractivity contribution >= 4 is 11.9 Å². The lowest BCUT2D eigenvalue weighted by Gasteiger charge is -2.09. The van der Waals surface area contributed by atoms with Crippen molar-refractivity contribution in [2.75, 3.05) is 0 Å². The number of hydrogen-bond acceptors (Lipinski definition) is 3. The fourth-order valence-electron chi connectivity index (χ4n) is 1.51. The van der Waals surface area contributed by atoms with Crippen LogP contribution in [0.25, 0.3) is 0 Å². The van der Waals surface area contributed by atoms with Crippen LogP contribution in [-0.2, 0) is 11.3 Å². The summed E-state index contributed by atoms with van der Waals surface area (Å²) in [5, 5.41) is 11.6. The van der Waals surface area contributed by atoms with Crippen LogP contribution in [0.4, 0.5) is 0 Å². The van der Waals surface area contributed by atoms with E-state index in [1.165, 1.54) is 18.2 Å². The van der Waals surface area contributed by atoms with E-state index >= 15 is 0 Å². The number of carboxylic acid groups (broad SMARTS) is 1. The number of amides is 1. The van der Waals surface area contributed by atoms with Crippen molar-refractivity contribution in [1.29, 1.82) is 0 Å². The Morgan fingerprint density at radius 1 is 1.41 bits per heavy atom. The SMILES string of the molecule is O=C(Cn1c(C(=O)O)cccc1=O)NC1CC1. The molecule has 6 nitrogen and oxygen atoms in total. The molecule has 0 bridgehead atoms. The second kappa shape index (κ2) is 4.40. The molecule has 0 aliphatic heterocycles. The number of aromatic carboxylic acids is 1. The maximum Gasteiger partial charge on any atom is 0.352 e. The second-order valence-corrected chi connectivity index (χ2v) is 3.98. The molecule has 1 amide bonds. The number of hydrogen-bond donors (Lipinski definition) is 2. The number of pyridine rings is 1. The zero-order valence-electron chi connectivity index (χ0n) is 9.05. The van der Waals surface area contributed by atoms with Gasteiger partial charge in [-0.2, -0.15) is 0 Å². The lowest BCUT2D eigenvalue weighted by atomic mass is 10.3. The summed E-state index contributed by atoms with van der Waals surface area (Å²) >= 11 is 0. The lowest BCUT2D eigenvalue weighted by Crippen LogP contribution is -2.35. The van der Waals surface area contributed by atoms with Crippen LogP contribution in [0, 0.1) is 0 Å². The van der Waals surface area contributed by atoms with E-state index in [9.17, 15) is 14.4 Å². The molecule has 0 saturated heterocycles. The average Bonchev–Trinajstić information content (AvgIpc) is 3.04. The van der Waals surface area contributed by atoms with Gasteiger partial charge < -0.3 is 10.4 Å². The number of nitrogens with zero attached hydrogens (tertiary/aromatic N) is 1. The topological polar surface area (TPSA) is 88.4 Å². The van der Waals surface area contributed by atoms with Gasteiger partial charge in [0.15, 0.2) is 0 Å². The molecular formula is C11H12N2O4. The van der Waals surface area contributed by atoms with Crippen LogP contribution >= 0.6 is 0 Å². The monoisotopic (exact) mass is 236 g/mol. The number of nitrogens with one attached hydrogen (secondary N) is 1. The van der Waals surface area contributed by atoms with Crippen molar-refractivity contribution in [3.05, 3.63) is 34.2 Å². The quantitative estimate of drug-likeness (QED) is 0.759. The van der Waals surface area contributed by atoms with E-state index in [0.717, 1.165) is 17.4 Å². The Morgan fingerprint density at radius 3 is 2.71 bits per heavy atom. The first kappa shape index (κ1) is 11.4. The molecule has 0 spiro atoms. The zero-order chi connectivity index (χ0) is 12.4. The first-order chi connectivity index (χ1) is 8.08. The highest BCUT2D eigenvalue weighted by molar-refractivity contribution is 5.86. The number of carbonyl (C=O) groups excluding carboxylic acids is 1. The van der Waals surface area contributed by atoms with Crippen LogP contribution in [0.5, 0.6) is 0 Å². The van der Waals surface area contributed by atoms with E-state index in [0.29, 0.717) is 0 Å². The van der Waals surface area contributed by atoms with Crippen molar-refractivity contribution < 1.29 is 14.7 Å². The molecule has 2 rings (SSSR count). The van der Waals surface area contributed by atoms with E-state index in [1.807, 2.05) is 0 Å². The molecule has 0 atom stereocenters. The van der Waals surface area contributed by atoms with Crippen LogP contribution in [0.1, 0.15) is 23.3 Å². The van der Waals surface area contributed by atoms with Crippen LogP contribution in [-0.4, -0.2) is 27.6 Å². The predicted octanol–water partition coefficient (Wildman–Crippen LogP) is -0.175. The Hall–Kier alpha value is -2.11. The average molecular weight is 236 g/mol. The van der Waals surface area contributed by atoms with Crippen LogP contribution in [0.3, 0.4) is 0 Å². The summed E-state index contributed by atoms with van der Waals surface area (Å²) in [6.45, 7) is -0.252. The molecule has 17 heavy (non-hydrogen) atoms. The maximum atomic E-state index is 11.5. The summed E-state index contributed by atoms with van der Waals surface area (Å²) in [6, 6.07) is 4.08. The maximum absolute atomic E-state index is 11.5. The lowest BCUT2D eigenvalue weighted by molar-refractivity contribution is -0.121. The van der Waals surface area contributed by atoms with E-state index in [4.69, 9.17) is 5.11 Å². The minimum atomic E-state index is -1.22. The van der Waals surface area contributed by atoms with Gasteiger partial charge in [-0.05, 0) is 18.9 Å². The summed E-state index contributed by atoms with van der Waals surface area (Å²) in [4.78, 5) is 33.9. The van der Waals surface area contributed by atoms with Gasteiger partial charge >= 0.3 is 5.97 Å². The van der Waals surface area contributed by atoms with E-state index < -0.39 is 11.5 Å². The van der Waals surface area contributed by atoms with Gasteiger partial charge in [-0.3, -0.25) is 14.2 Å². The highest BCUT2D eigenvalue weighted by atomic mass is 16.4. The summed E-state index contributed by atoms with van der Waals surface area (Å²) in [7, 11) is 0. The standard InChI is InChI=1S/C11H12N2O4/c14-9(12-7-4-5-7)6-13-8(11(16)17)2-1-3-10(13)15/h1-3,7H,4-6H2,(H,12,14)(H,16,17). The molecule has 0 radical (unpaired) electrons. The number of carbonyl (C=O) groups is 2. The minimum Gasteiger partial charge on any atom is -0.477 e. The van der Waals surface area contributed by atoms with Gasteiger partial charge in [0.1, 0.15) is 12.2 Å². The second-order valence-electron chi connectivity index (χ2n) is 3.98. The summed E-state index contributed by atoms with van der Waals surface area (Å²) in [6.07, 6.45) is 1.89. The molecule has 1 heterocycles. The van der Waals surface area contributed by atoms with Gasteiger partial charge in [0, 0.05) is 12.1 Å². The van der Waals surface area contributed by atoms with Crippen molar-refractivity contribution in [2.24, 2.45) is 0 Å². The molecule has 0 unspecified atom stereocenters. The van der Waals surface area contributed by atoms with Crippen LogP contribution in [0.2, 0.25) is 0 Å². The van der Waals surface area contributed by atoms with Gasteiger partial charge in [-0.1, -0.05) is 6.07 Å². The Bertz CT molecular complexity index is 516.